The Morgan fingerprint density at radius 1 is 1.40 bits per heavy atom. The number of thiazole rings is 1. The summed E-state index contributed by atoms with van der Waals surface area (Å²) in [6.45, 7) is 10.2. The van der Waals surface area contributed by atoms with Crippen molar-refractivity contribution in [3.8, 4) is 0 Å². The number of carbonyl (C=O) groups is 1. The summed E-state index contributed by atoms with van der Waals surface area (Å²) in [6.07, 6.45) is 1.92. The van der Waals surface area contributed by atoms with Gasteiger partial charge in [-0.15, -0.1) is 17.9 Å². The lowest BCUT2D eigenvalue weighted by atomic mass is 10.2. The summed E-state index contributed by atoms with van der Waals surface area (Å²) in [6, 6.07) is 5.59. The molecule has 132 valence electrons. The Bertz CT molecular complexity index is 768. The Hall–Kier alpha value is -1.89. The predicted molar refractivity (Wildman–Crippen MR) is 105 cm³/mol. The van der Waals surface area contributed by atoms with Crippen molar-refractivity contribution in [2.75, 3.05) is 42.9 Å². The first kappa shape index (κ1) is 17.9. The predicted octanol–water partition coefficient (Wildman–Crippen LogP) is 3.67. The summed E-state index contributed by atoms with van der Waals surface area (Å²) < 4.78 is 0. The monoisotopic (exact) mass is 376 g/mol. The molecule has 5 nitrogen and oxygen atoms in total. The van der Waals surface area contributed by atoms with E-state index in [1.54, 1.807) is 5.38 Å². The van der Waals surface area contributed by atoms with Crippen LogP contribution in [0.4, 0.5) is 11.4 Å². The zero-order valence-electron chi connectivity index (χ0n) is 14.2. The number of amides is 1. The van der Waals surface area contributed by atoms with Crippen LogP contribution >= 0.6 is 22.9 Å². The molecule has 0 unspecified atom stereocenters. The van der Waals surface area contributed by atoms with Crippen LogP contribution < -0.4 is 10.2 Å². The van der Waals surface area contributed by atoms with Crippen LogP contribution in [0.15, 0.2) is 36.2 Å². The highest BCUT2D eigenvalue weighted by atomic mass is 35.5. The zero-order valence-corrected chi connectivity index (χ0v) is 15.7. The van der Waals surface area contributed by atoms with E-state index in [0.29, 0.717) is 10.7 Å². The van der Waals surface area contributed by atoms with Gasteiger partial charge >= 0.3 is 0 Å². The minimum Gasteiger partial charge on any atom is -0.366 e. The molecule has 1 aliphatic heterocycles. The van der Waals surface area contributed by atoms with Crippen molar-refractivity contribution in [1.82, 2.24) is 9.88 Å². The molecule has 1 saturated heterocycles. The summed E-state index contributed by atoms with van der Waals surface area (Å²) in [5.41, 5.74) is 2.03. The van der Waals surface area contributed by atoms with Crippen LogP contribution in [-0.2, 0) is 0 Å². The second-order valence-electron chi connectivity index (χ2n) is 5.92. The number of para-hydroxylation sites is 1. The van der Waals surface area contributed by atoms with Crippen LogP contribution in [0.5, 0.6) is 0 Å². The number of nitrogens with zero attached hydrogens (tertiary/aromatic N) is 3. The van der Waals surface area contributed by atoms with Gasteiger partial charge in [-0.05, 0) is 19.1 Å². The van der Waals surface area contributed by atoms with Crippen molar-refractivity contribution in [3.05, 3.63) is 52.0 Å². The minimum atomic E-state index is -0.210. The highest BCUT2D eigenvalue weighted by molar-refractivity contribution is 7.09. The van der Waals surface area contributed by atoms with Gasteiger partial charge in [-0.3, -0.25) is 9.69 Å². The van der Waals surface area contributed by atoms with Crippen LogP contribution in [0.1, 0.15) is 15.5 Å². The zero-order chi connectivity index (χ0) is 17.8. The van der Waals surface area contributed by atoms with Gasteiger partial charge in [-0.25, -0.2) is 4.98 Å². The van der Waals surface area contributed by atoms with Gasteiger partial charge in [0.2, 0.25) is 0 Å². The summed E-state index contributed by atoms with van der Waals surface area (Å²) in [4.78, 5) is 21.3. The van der Waals surface area contributed by atoms with Crippen molar-refractivity contribution in [2.24, 2.45) is 0 Å². The molecule has 3 rings (SSSR count). The number of hydrogen-bond donors (Lipinski definition) is 1. The third kappa shape index (κ3) is 4.21. The molecule has 1 aliphatic rings. The number of carbonyl (C=O) groups excluding carboxylic acids is 1. The lowest BCUT2D eigenvalue weighted by molar-refractivity contribution is 0.102. The van der Waals surface area contributed by atoms with E-state index in [9.17, 15) is 4.79 Å². The van der Waals surface area contributed by atoms with E-state index in [1.807, 2.05) is 31.2 Å². The van der Waals surface area contributed by atoms with Gasteiger partial charge in [0.25, 0.3) is 5.91 Å². The Morgan fingerprint density at radius 2 is 2.16 bits per heavy atom. The average Bonchev–Trinajstić information content (AvgIpc) is 3.03. The molecule has 1 aromatic carbocycles. The lowest BCUT2D eigenvalue weighted by Gasteiger charge is -2.36. The number of nitrogens with one attached hydrogen (secondary N) is 1. The number of halogens is 1. The van der Waals surface area contributed by atoms with Crippen LogP contribution in [0.2, 0.25) is 5.02 Å². The normalized spacial score (nSPS) is 15.2. The minimum absolute atomic E-state index is 0.210. The average molecular weight is 377 g/mol. The van der Waals surface area contributed by atoms with Gasteiger partial charge in [0, 0.05) is 38.1 Å². The summed E-state index contributed by atoms with van der Waals surface area (Å²) in [5.74, 6) is -0.210. The molecular formula is C18H21ClN4OS. The maximum atomic E-state index is 12.5. The molecule has 0 bridgehead atoms. The number of aryl methyl sites for hydroxylation is 1. The number of piperazine rings is 1. The van der Waals surface area contributed by atoms with Gasteiger partial charge in [-0.2, -0.15) is 0 Å². The molecule has 25 heavy (non-hydrogen) atoms. The second-order valence-corrected chi connectivity index (χ2v) is 7.39. The van der Waals surface area contributed by atoms with Crippen molar-refractivity contribution < 1.29 is 4.79 Å². The van der Waals surface area contributed by atoms with Gasteiger partial charge < -0.3 is 10.2 Å². The Morgan fingerprint density at radius 3 is 2.80 bits per heavy atom. The van der Waals surface area contributed by atoms with Crippen molar-refractivity contribution in [1.29, 1.82) is 0 Å². The van der Waals surface area contributed by atoms with E-state index in [4.69, 9.17) is 11.6 Å². The maximum Gasteiger partial charge on any atom is 0.275 e. The van der Waals surface area contributed by atoms with E-state index in [2.05, 4.69) is 26.7 Å². The molecule has 0 aliphatic carbocycles. The number of anilines is 2. The Kier molecular flexibility index (Phi) is 5.73. The van der Waals surface area contributed by atoms with E-state index in [-0.39, 0.29) is 5.91 Å². The third-order valence-corrected chi connectivity index (χ3v) is 5.24. The van der Waals surface area contributed by atoms with Gasteiger partial charge in [0.15, 0.2) is 0 Å². The molecule has 1 fully saturated rings. The fraction of sp³-hybridized carbons (Fsp3) is 0.333. The maximum absolute atomic E-state index is 12.5. The molecule has 1 aromatic heterocycles. The first-order valence-electron chi connectivity index (χ1n) is 8.18. The number of rotatable bonds is 5. The second kappa shape index (κ2) is 7.99. The molecule has 0 radical (unpaired) electrons. The van der Waals surface area contributed by atoms with Crippen LogP contribution in [-0.4, -0.2) is 48.5 Å². The van der Waals surface area contributed by atoms with E-state index in [0.717, 1.165) is 49.1 Å². The molecule has 0 saturated carbocycles. The summed E-state index contributed by atoms with van der Waals surface area (Å²) in [7, 11) is 0. The molecule has 2 heterocycles. The Labute approximate surface area is 156 Å². The highest BCUT2D eigenvalue weighted by Gasteiger charge is 2.22. The number of aromatic nitrogens is 1. The highest BCUT2D eigenvalue weighted by Crippen LogP contribution is 2.35. The van der Waals surface area contributed by atoms with Crippen molar-refractivity contribution >= 4 is 40.2 Å². The Balaban J connectivity index is 1.78. The molecule has 0 atom stereocenters. The van der Waals surface area contributed by atoms with Crippen molar-refractivity contribution in [3.63, 3.8) is 0 Å². The summed E-state index contributed by atoms with van der Waals surface area (Å²) >= 11 is 7.92. The van der Waals surface area contributed by atoms with Gasteiger partial charge in [-0.1, -0.05) is 23.7 Å². The van der Waals surface area contributed by atoms with Crippen molar-refractivity contribution in [2.45, 2.75) is 6.92 Å². The van der Waals surface area contributed by atoms with E-state index < -0.39 is 0 Å². The molecule has 1 N–H and O–H groups in total. The molecule has 1 amide bonds. The molecule has 7 heteroatoms. The van der Waals surface area contributed by atoms with E-state index in [1.165, 1.54) is 11.3 Å². The SMILES string of the molecule is C=CCN1CCN(c2c(Cl)cccc2NC(=O)c2csc(C)n2)CC1. The third-order valence-electron chi connectivity index (χ3n) is 4.16. The van der Waals surface area contributed by atoms with Gasteiger partial charge in [0.1, 0.15) is 5.69 Å². The first-order chi connectivity index (χ1) is 12.1. The summed E-state index contributed by atoms with van der Waals surface area (Å²) in [5, 5.41) is 6.24. The van der Waals surface area contributed by atoms with Gasteiger partial charge in [0.05, 0.1) is 21.4 Å². The van der Waals surface area contributed by atoms with Crippen LogP contribution in [0.25, 0.3) is 0 Å². The first-order valence-corrected chi connectivity index (χ1v) is 9.44. The molecular weight excluding hydrogens is 356 g/mol. The molecule has 2 aromatic rings. The van der Waals surface area contributed by atoms with Crippen LogP contribution in [0, 0.1) is 6.92 Å². The fourth-order valence-corrected chi connectivity index (χ4v) is 3.82. The lowest BCUT2D eigenvalue weighted by Crippen LogP contribution is -2.46. The topological polar surface area (TPSA) is 48.5 Å². The molecule has 0 spiro atoms. The fourth-order valence-electron chi connectivity index (χ4n) is 2.93. The van der Waals surface area contributed by atoms with E-state index >= 15 is 0 Å². The van der Waals surface area contributed by atoms with Crippen LogP contribution in [0.3, 0.4) is 0 Å². The largest absolute Gasteiger partial charge is 0.366 e. The smallest absolute Gasteiger partial charge is 0.275 e. The quantitative estimate of drug-likeness (QED) is 0.809. The number of benzene rings is 1. The standard InChI is InChI=1S/C18H21ClN4OS/c1-3-7-22-8-10-23(11-9-22)17-14(19)5-4-6-15(17)21-18(24)16-12-25-13(2)20-16/h3-6,12H,1,7-11H2,2H3,(H,21,24). The number of hydrogen-bond acceptors (Lipinski definition) is 5.